The highest BCUT2D eigenvalue weighted by Crippen LogP contribution is 2.34. The number of likely N-dealkylation sites (N-methyl/N-ethyl adjacent to an activating group) is 1. The molecule has 19 heavy (non-hydrogen) atoms. The van der Waals surface area contributed by atoms with Gasteiger partial charge >= 0.3 is 0 Å². The molecule has 0 spiro atoms. The van der Waals surface area contributed by atoms with Gasteiger partial charge in [0, 0.05) is 13.1 Å². The van der Waals surface area contributed by atoms with Gasteiger partial charge in [-0.25, -0.2) is 0 Å². The van der Waals surface area contributed by atoms with E-state index in [4.69, 9.17) is 9.47 Å². The highest BCUT2D eigenvalue weighted by molar-refractivity contribution is 5.78. The molecule has 0 aromatic heterocycles. The van der Waals surface area contributed by atoms with Crippen molar-refractivity contribution < 1.29 is 14.3 Å². The van der Waals surface area contributed by atoms with E-state index in [0.29, 0.717) is 23.5 Å². The molecule has 4 heteroatoms. The van der Waals surface area contributed by atoms with Crippen LogP contribution in [0.3, 0.4) is 0 Å². The number of amides is 1. The zero-order valence-electron chi connectivity index (χ0n) is 11.8. The molecule has 4 nitrogen and oxygen atoms in total. The summed E-state index contributed by atoms with van der Waals surface area (Å²) in [6, 6.07) is 7.65. The predicted octanol–water partition coefficient (Wildman–Crippen LogP) is 2.33. The summed E-state index contributed by atoms with van der Waals surface area (Å²) in [5.74, 6) is 1.92. The Bertz CT molecular complexity index is 443. The zero-order chi connectivity index (χ0) is 13.8. The molecule has 2 rings (SSSR count). The predicted molar refractivity (Wildman–Crippen MR) is 73.4 cm³/mol. The lowest BCUT2D eigenvalue weighted by atomic mass is 10.2. The summed E-state index contributed by atoms with van der Waals surface area (Å²) in [6.07, 6.45) is 2.46. The van der Waals surface area contributed by atoms with Crippen molar-refractivity contribution >= 4 is 5.91 Å². The van der Waals surface area contributed by atoms with Crippen molar-refractivity contribution in [3.8, 4) is 11.5 Å². The molecular weight excluding hydrogens is 242 g/mol. The smallest absolute Gasteiger partial charge is 0.260 e. The lowest BCUT2D eigenvalue weighted by molar-refractivity contribution is -0.134. The van der Waals surface area contributed by atoms with Crippen LogP contribution in [0.1, 0.15) is 19.8 Å². The van der Waals surface area contributed by atoms with Crippen LogP contribution in [0.15, 0.2) is 24.3 Å². The van der Waals surface area contributed by atoms with Crippen LogP contribution in [0.5, 0.6) is 11.5 Å². The summed E-state index contributed by atoms with van der Waals surface area (Å²) in [7, 11) is 3.43. The fourth-order valence-corrected chi connectivity index (χ4v) is 2.10. The Morgan fingerprint density at radius 2 is 2.00 bits per heavy atom. The maximum absolute atomic E-state index is 12.0. The van der Waals surface area contributed by atoms with Crippen molar-refractivity contribution in [1.29, 1.82) is 0 Å². The number of methoxy groups -OCH3 is 1. The normalized spacial score (nSPS) is 15.7. The van der Waals surface area contributed by atoms with Crippen LogP contribution in [-0.2, 0) is 4.79 Å². The SMILES string of the molecule is COc1ccccc1OCC(=O)N(C)C(C)C1CC1. The molecular formula is C15H21NO3. The summed E-state index contributed by atoms with van der Waals surface area (Å²) in [5.41, 5.74) is 0. The number of carbonyl (C=O) groups is 1. The Labute approximate surface area is 114 Å². The number of rotatable bonds is 6. The van der Waals surface area contributed by atoms with Crippen LogP contribution < -0.4 is 9.47 Å². The second-order valence-electron chi connectivity index (χ2n) is 5.02. The molecule has 1 aliphatic rings. The minimum absolute atomic E-state index is 0.00491. The minimum Gasteiger partial charge on any atom is -0.493 e. The minimum atomic E-state index is 0.00491. The Morgan fingerprint density at radius 1 is 1.37 bits per heavy atom. The molecule has 0 saturated heterocycles. The Morgan fingerprint density at radius 3 is 2.58 bits per heavy atom. The van der Waals surface area contributed by atoms with Crippen molar-refractivity contribution in [3.05, 3.63) is 24.3 Å². The Hall–Kier alpha value is -1.71. The Balaban J connectivity index is 1.88. The molecule has 1 atom stereocenters. The van der Waals surface area contributed by atoms with Gasteiger partial charge in [-0.2, -0.15) is 0 Å². The highest BCUT2D eigenvalue weighted by atomic mass is 16.5. The number of hydrogen-bond donors (Lipinski definition) is 0. The van der Waals surface area contributed by atoms with Crippen LogP contribution in [0.25, 0.3) is 0 Å². The maximum atomic E-state index is 12.0. The summed E-state index contributed by atoms with van der Waals surface area (Å²) >= 11 is 0. The molecule has 1 aromatic rings. The van der Waals surface area contributed by atoms with E-state index in [1.165, 1.54) is 12.8 Å². The van der Waals surface area contributed by atoms with Gasteiger partial charge in [0.25, 0.3) is 5.91 Å². The van der Waals surface area contributed by atoms with Crippen molar-refractivity contribution in [1.82, 2.24) is 4.90 Å². The molecule has 1 aromatic carbocycles. The third-order valence-corrected chi connectivity index (χ3v) is 3.73. The molecule has 1 saturated carbocycles. The molecule has 0 heterocycles. The number of hydrogen-bond acceptors (Lipinski definition) is 3. The van der Waals surface area contributed by atoms with Crippen LogP contribution in [-0.4, -0.2) is 37.6 Å². The Kier molecular flexibility index (Phi) is 4.30. The summed E-state index contributed by atoms with van der Waals surface area (Å²) in [5, 5.41) is 0. The van der Waals surface area contributed by atoms with Gasteiger partial charge in [-0.05, 0) is 37.8 Å². The quantitative estimate of drug-likeness (QED) is 0.790. The van der Waals surface area contributed by atoms with E-state index in [1.54, 1.807) is 18.1 Å². The fraction of sp³-hybridized carbons (Fsp3) is 0.533. The molecule has 0 N–H and O–H groups in total. The van der Waals surface area contributed by atoms with Crippen molar-refractivity contribution in [3.63, 3.8) is 0 Å². The molecule has 0 aliphatic heterocycles. The molecule has 1 unspecified atom stereocenters. The van der Waals surface area contributed by atoms with Gasteiger partial charge in [0.05, 0.1) is 7.11 Å². The van der Waals surface area contributed by atoms with Crippen LogP contribution in [0.4, 0.5) is 0 Å². The van der Waals surface area contributed by atoms with Crippen molar-refractivity contribution in [2.75, 3.05) is 20.8 Å². The van der Waals surface area contributed by atoms with Gasteiger partial charge in [-0.3, -0.25) is 4.79 Å². The number of carbonyl (C=O) groups excluding carboxylic acids is 1. The second kappa shape index (κ2) is 5.95. The second-order valence-corrected chi connectivity index (χ2v) is 5.02. The van der Waals surface area contributed by atoms with E-state index in [1.807, 2.05) is 25.2 Å². The summed E-state index contributed by atoms with van der Waals surface area (Å²) in [6.45, 7) is 2.15. The first-order valence-electron chi connectivity index (χ1n) is 6.65. The van der Waals surface area contributed by atoms with Gasteiger partial charge in [-0.15, -0.1) is 0 Å². The van der Waals surface area contributed by atoms with Crippen LogP contribution in [0.2, 0.25) is 0 Å². The monoisotopic (exact) mass is 263 g/mol. The van der Waals surface area contributed by atoms with Gasteiger partial charge in [-0.1, -0.05) is 12.1 Å². The molecule has 0 radical (unpaired) electrons. The first-order chi connectivity index (χ1) is 9.13. The first kappa shape index (κ1) is 13.7. The number of para-hydroxylation sites is 2. The van der Waals surface area contributed by atoms with Gasteiger partial charge in [0.2, 0.25) is 0 Å². The van der Waals surface area contributed by atoms with E-state index in [2.05, 4.69) is 6.92 Å². The maximum Gasteiger partial charge on any atom is 0.260 e. The molecule has 104 valence electrons. The van der Waals surface area contributed by atoms with Crippen molar-refractivity contribution in [2.45, 2.75) is 25.8 Å². The first-order valence-corrected chi connectivity index (χ1v) is 6.65. The zero-order valence-corrected chi connectivity index (χ0v) is 11.8. The number of benzene rings is 1. The standard InChI is InChI=1S/C15H21NO3/c1-11(12-8-9-12)16(2)15(17)10-19-14-7-5-4-6-13(14)18-3/h4-7,11-12H,8-10H2,1-3H3. The number of ether oxygens (including phenoxy) is 2. The van der Waals surface area contributed by atoms with Gasteiger partial charge in [0.15, 0.2) is 18.1 Å². The summed E-state index contributed by atoms with van der Waals surface area (Å²) < 4.78 is 10.7. The molecule has 0 bridgehead atoms. The average Bonchev–Trinajstić information content (AvgIpc) is 3.27. The molecule has 1 fully saturated rings. The lowest BCUT2D eigenvalue weighted by Crippen LogP contribution is -2.39. The summed E-state index contributed by atoms with van der Waals surface area (Å²) in [4.78, 5) is 13.8. The third kappa shape index (κ3) is 3.40. The van der Waals surface area contributed by atoms with E-state index in [0.717, 1.165) is 0 Å². The van der Waals surface area contributed by atoms with E-state index in [9.17, 15) is 4.79 Å². The van der Waals surface area contributed by atoms with E-state index in [-0.39, 0.29) is 12.5 Å². The molecule has 1 aliphatic carbocycles. The van der Waals surface area contributed by atoms with Gasteiger partial charge < -0.3 is 14.4 Å². The van der Waals surface area contributed by atoms with E-state index >= 15 is 0 Å². The topological polar surface area (TPSA) is 38.8 Å². The van der Waals surface area contributed by atoms with Crippen LogP contribution in [0, 0.1) is 5.92 Å². The third-order valence-electron chi connectivity index (χ3n) is 3.73. The average molecular weight is 263 g/mol. The lowest BCUT2D eigenvalue weighted by Gasteiger charge is -2.25. The largest absolute Gasteiger partial charge is 0.493 e. The van der Waals surface area contributed by atoms with E-state index < -0.39 is 0 Å². The number of nitrogens with zero attached hydrogens (tertiary/aromatic N) is 1. The van der Waals surface area contributed by atoms with Gasteiger partial charge in [0.1, 0.15) is 0 Å². The highest BCUT2D eigenvalue weighted by Gasteiger charge is 2.32. The van der Waals surface area contributed by atoms with Crippen LogP contribution >= 0.6 is 0 Å². The molecule has 1 amide bonds. The fourth-order valence-electron chi connectivity index (χ4n) is 2.10. The van der Waals surface area contributed by atoms with Crippen molar-refractivity contribution in [2.24, 2.45) is 5.92 Å².